The second-order valence-electron chi connectivity index (χ2n) is 1.41. The Morgan fingerprint density at radius 2 is 1.88 bits per heavy atom. The topological polar surface area (TPSA) is 0 Å². The lowest BCUT2D eigenvalue weighted by Crippen LogP contribution is -2.03. The van der Waals surface area contributed by atoms with Gasteiger partial charge in [0.1, 0.15) is 0 Å². The average Bonchev–Trinajstić information content (AvgIpc) is 1.59. The van der Waals surface area contributed by atoms with Crippen LogP contribution in [0.1, 0.15) is 12.8 Å². The van der Waals surface area contributed by atoms with Crippen LogP contribution >= 0.6 is 45.2 Å². The van der Waals surface area contributed by atoms with Crippen molar-refractivity contribution < 1.29 is 8.78 Å². The van der Waals surface area contributed by atoms with Gasteiger partial charge in [-0.15, -0.1) is 0 Å². The number of alkyl halides is 4. The van der Waals surface area contributed by atoms with E-state index in [1.807, 2.05) is 0 Å². The largest absolute Gasteiger partial charge is 0.296 e. The Hall–Kier alpha value is 1.32. The number of hydrogen-bond donors (Lipinski definition) is 0. The summed E-state index contributed by atoms with van der Waals surface area (Å²) in [5.41, 5.74) is 0. The maximum absolute atomic E-state index is 11.9. The van der Waals surface area contributed by atoms with Crippen LogP contribution in [0, 0.1) is 0 Å². The van der Waals surface area contributed by atoms with E-state index in [2.05, 4.69) is 22.6 Å². The summed E-state index contributed by atoms with van der Waals surface area (Å²) in [6.07, 6.45) is 0.618. The summed E-state index contributed by atoms with van der Waals surface area (Å²) in [4.78, 5) is 0. The summed E-state index contributed by atoms with van der Waals surface area (Å²) in [6.45, 7) is 0. The lowest BCUT2D eigenvalue weighted by molar-refractivity contribution is 0.116. The Kier molecular flexibility index (Phi) is 4.88. The number of hydrogen-bond acceptors (Lipinski definition) is 0. The van der Waals surface area contributed by atoms with Gasteiger partial charge in [0, 0.05) is 6.42 Å². The minimum absolute atomic E-state index is 0.0104. The van der Waals surface area contributed by atoms with Gasteiger partial charge in [0.25, 0.3) is 3.93 Å². The van der Waals surface area contributed by atoms with Crippen LogP contribution in [0.5, 0.6) is 0 Å². The first kappa shape index (κ1) is 9.32. The first-order valence-electron chi connectivity index (χ1n) is 2.19. The second-order valence-corrected chi connectivity index (χ2v) is 4.06. The summed E-state index contributed by atoms with van der Waals surface area (Å²) in [5.74, 6) is 0. The Morgan fingerprint density at radius 1 is 1.38 bits per heavy atom. The van der Waals surface area contributed by atoms with E-state index in [4.69, 9.17) is 0 Å². The Balaban J connectivity index is 3.11. The van der Waals surface area contributed by atoms with Gasteiger partial charge < -0.3 is 0 Å². The molecule has 8 heavy (non-hydrogen) atoms. The average molecular weight is 346 g/mol. The molecule has 0 aromatic heterocycles. The molecule has 0 amide bonds. The van der Waals surface area contributed by atoms with Gasteiger partial charge in [-0.25, -0.2) is 0 Å². The van der Waals surface area contributed by atoms with Crippen LogP contribution in [-0.2, 0) is 0 Å². The molecule has 0 rings (SSSR count). The molecule has 0 heterocycles. The van der Waals surface area contributed by atoms with Gasteiger partial charge in [0.05, 0.1) is 0 Å². The van der Waals surface area contributed by atoms with E-state index < -0.39 is 3.93 Å². The van der Waals surface area contributed by atoms with Crippen molar-refractivity contribution in [1.29, 1.82) is 0 Å². The summed E-state index contributed by atoms with van der Waals surface area (Å²) >= 11 is 3.25. The number of rotatable bonds is 3. The van der Waals surface area contributed by atoms with Crippen LogP contribution in [0.3, 0.4) is 0 Å². The highest BCUT2D eigenvalue weighted by Gasteiger charge is 2.21. The van der Waals surface area contributed by atoms with E-state index in [-0.39, 0.29) is 6.42 Å². The third-order valence-electron chi connectivity index (χ3n) is 0.594. The predicted molar refractivity (Wildman–Crippen MR) is 47.1 cm³/mol. The molecule has 0 N–H and O–H groups in total. The van der Waals surface area contributed by atoms with E-state index in [9.17, 15) is 8.78 Å². The first-order chi connectivity index (χ1) is 3.56. The van der Waals surface area contributed by atoms with Crippen LogP contribution in [0.25, 0.3) is 0 Å². The molecule has 50 valence electrons. The van der Waals surface area contributed by atoms with Gasteiger partial charge in [0.2, 0.25) is 0 Å². The molecule has 0 atom stereocenters. The zero-order valence-corrected chi connectivity index (χ0v) is 8.45. The highest BCUT2D eigenvalue weighted by molar-refractivity contribution is 14.1. The minimum Gasteiger partial charge on any atom is -0.195 e. The van der Waals surface area contributed by atoms with Gasteiger partial charge in [0.15, 0.2) is 0 Å². The smallest absolute Gasteiger partial charge is 0.195 e. The first-order valence-corrected chi connectivity index (χ1v) is 4.79. The standard InChI is InChI=1S/C4H6F2I2/c5-4(6,8)2-1-3-7/h1-3H2. The Labute approximate surface area is 74.7 Å². The van der Waals surface area contributed by atoms with Crippen LogP contribution in [0.15, 0.2) is 0 Å². The molecule has 0 aliphatic carbocycles. The van der Waals surface area contributed by atoms with Crippen molar-refractivity contribution >= 4 is 45.2 Å². The normalized spacial score (nSPS) is 12.0. The zero-order chi connectivity index (χ0) is 6.62. The van der Waals surface area contributed by atoms with Crippen LogP contribution in [0.2, 0.25) is 0 Å². The SMILES string of the molecule is FC(F)(I)CCCI. The third-order valence-corrected chi connectivity index (χ3v) is 1.90. The quantitative estimate of drug-likeness (QED) is 0.544. The molecule has 4 heteroatoms. The molecular weight excluding hydrogens is 340 g/mol. The fourth-order valence-corrected chi connectivity index (χ4v) is 1.03. The molecule has 0 nitrogen and oxygen atoms in total. The maximum Gasteiger partial charge on any atom is 0.296 e. The van der Waals surface area contributed by atoms with E-state index in [0.717, 1.165) is 27.0 Å². The Morgan fingerprint density at radius 3 is 2.00 bits per heavy atom. The van der Waals surface area contributed by atoms with Crippen molar-refractivity contribution in [2.24, 2.45) is 0 Å². The molecule has 0 spiro atoms. The van der Waals surface area contributed by atoms with Gasteiger partial charge in [-0.05, 0) is 33.4 Å². The zero-order valence-electron chi connectivity index (χ0n) is 4.13. The fourth-order valence-electron chi connectivity index (χ4n) is 0.267. The summed E-state index contributed by atoms with van der Waals surface area (Å²) in [6, 6.07) is 0. The number of halogens is 4. The highest BCUT2D eigenvalue weighted by Crippen LogP contribution is 2.27. The molecule has 0 unspecified atom stereocenters. The van der Waals surface area contributed by atoms with Gasteiger partial charge in [-0.3, -0.25) is 0 Å². The molecule has 0 aliphatic rings. The molecule has 0 saturated carbocycles. The van der Waals surface area contributed by atoms with Crippen molar-refractivity contribution in [3.8, 4) is 0 Å². The van der Waals surface area contributed by atoms with E-state index in [0.29, 0.717) is 6.42 Å². The van der Waals surface area contributed by atoms with Crippen LogP contribution in [0.4, 0.5) is 8.78 Å². The lowest BCUT2D eigenvalue weighted by Gasteiger charge is -2.04. The monoisotopic (exact) mass is 346 g/mol. The van der Waals surface area contributed by atoms with E-state index in [1.54, 1.807) is 0 Å². The van der Waals surface area contributed by atoms with Gasteiger partial charge >= 0.3 is 0 Å². The summed E-state index contributed by atoms with van der Waals surface area (Å²) < 4.78 is 22.1. The van der Waals surface area contributed by atoms with Crippen molar-refractivity contribution in [2.45, 2.75) is 16.8 Å². The van der Waals surface area contributed by atoms with Crippen molar-refractivity contribution in [2.75, 3.05) is 4.43 Å². The molecule has 0 fully saturated rings. The lowest BCUT2D eigenvalue weighted by atomic mass is 10.4. The van der Waals surface area contributed by atoms with Crippen molar-refractivity contribution in [3.05, 3.63) is 0 Å². The molecule has 0 aliphatic heterocycles. The molecule has 0 aromatic carbocycles. The fraction of sp³-hybridized carbons (Fsp3) is 1.00. The summed E-state index contributed by atoms with van der Waals surface area (Å²) in [7, 11) is 0. The van der Waals surface area contributed by atoms with E-state index in [1.165, 1.54) is 0 Å². The molecular formula is C4H6F2I2. The highest BCUT2D eigenvalue weighted by atomic mass is 127. The second kappa shape index (κ2) is 4.19. The molecule has 0 saturated heterocycles. The Bertz CT molecular complexity index is 59.5. The minimum atomic E-state index is -2.48. The predicted octanol–water partition coefficient (Wildman–Crippen LogP) is 3.23. The molecule has 0 radical (unpaired) electrons. The van der Waals surface area contributed by atoms with Gasteiger partial charge in [-0.1, -0.05) is 22.6 Å². The van der Waals surface area contributed by atoms with E-state index >= 15 is 0 Å². The molecule has 0 aromatic rings. The van der Waals surface area contributed by atoms with Crippen LogP contribution < -0.4 is 0 Å². The maximum atomic E-state index is 11.9. The van der Waals surface area contributed by atoms with Crippen molar-refractivity contribution in [1.82, 2.24) is 0 Å². The summed E-state index contributed by atoms with van der Waals surface area (Å²) in [5, 5.41) is 0. The third kappa shape index (κ3) is 7.32. The van der Waals surface area contributed by atoms with Crippen LogP contribution in [-0.4, -0.2) is 8.36 Å². The van der Waals surface area contributed by atoms with Gasteiger partial charge in [-0.2, -0.15) is 8.78 Å². The molecule has 0 bridgehead atoms. The van der Waals surface area contributed by atoms with Crippen molar-refractivity contribution in [3.63, 3.8) is 0 Å².